The summed E-state index contributed by atoms with van der Waals surface area (Å²) in [6.45, 7) is 1.33. The van der Waals surface area contributed by atoms with Crippen molar-refractivity contribution >= 4 is 28.8 Å². The van der Waals surface area contributed by atoms with Crippen LogP contribution < -0.4 is 5.32 Å². The molecule has 0 unspecified atom stereocenters. The monoisotopic (exact) mass is 406 g/mol. The van der Waals surface area contributed by atoms with E-state index < -0.39 is 0 Å². The summed E-state index contributed by atoms with van der Waals surface area (Å²) >= 11 is 1.46. The zero-order chi connectivity index (χ0) is 20.2. The predicted octanol–water partition coefficient (Wildman–Crippen LogP) is 4.73. The first-order valence-electron chi connectivity index (χ1n) is 9.62. The van der Waals surface area contributed by atoms with E-state index in [4.69, 9.17) is 0 Å². The van der Waals surface area contributed by atoms with E-state index in [1.165, 1.54) is 16.9 Å². The summed E-state index contributed by atoms with van der Waals surface area (Å²) in [4.78, 5) is 27.4. The summed E-state index contributed by atoms with van der Waals surface area (Å²) < 4.78 is 0. The van der Waals surface area contributed by atoms with E-state index in [1.807, 2.05) is 34.5 Å². The Morgan fingerprint density at radius 3 is 2.41 bits per heavy atom. The van der Waals surface area contributed by atoms with Crippen LogP contribution in [0, 0.1) is 0 Å². The van der Waals surface area contributed by atoms with Gasteiger partial charge >= 0.3 is 0 Å². The van der Waals surface area contributed by atoms with Gasteiger partial charge in [0.1, 0.15) is 5.75 Å². The summed E-state index contributed by atoms with van der Waals surface area (Å²) in [5.74, 6) is 0.378. The predicted molar refractivity (Wildman–Crippen MR) is 115 cm³/mol. The van der Waals surface area contributed by atoms with Crippen molar-refractivity contribution in [2.75, 3.05) is 18.4 Å². The van der Waals surface area contributed by atoms with Gasteiger partial charge in [-0.3, -0.25) is 9.59 Å². The highest BCUT2D eigenvalue weighted by Gasteiger charge is 2.26. The molecule has 2 N–H and O–H groups in total. The first-order valence-corrected chi connectivity index (χ1v) is 10.6. The van der Waals surface area contributed by atoms with Gasteiger partial charge in [0, 0.05) is 18.5 Å². The maximum atomic E-state index is 13.1. The minimum absolute atomic E-state index is 0.0598. The van der Waals surface area contributed by atoms with Crippen LogP contribution in [0.4, 0.5) is 5.69 Å². The number of aromatic hydroxyl groups is 1. The van der Waals surface area contributed by atoms with Crippen LogP contribution in [0.1, 0.15) is 45.0 Å². The van der Waals surface area contributed by atoms with Gasteiger partial charge in [0.05, 0.1) is 16.8 Å². The topological polar surface area (TPSA) is 69.6 Å². The van der Waals surface area contributed by atoms with Crippen molar-refractivity contribution in [3.63, 3.8) is 0 Å². The van der Waals surface area contributed by atoms with Crippen LogP contribution in [0.5, 0.6) is 5.75 Å². The van der Waals surface area contributed by atoms with Crippen molar-refractivity contribution in [1.29, 1.82) is 0 Å². The molecule has 1 fully saturated rings. The second-order valence-electron chi connectivity index (χ2n) is 7.17. The number of piperidine rings is 1. The van der Waals surface area contributed by atoms with Gasteiger partial charge in [-0.15, -0.1) is 0 Å². The SMILES string of the molecule is O=C(Nc1ccccc1C(=O)N1CCC(c2ccc(O)cc2)CC1)c1ccsc1. The fourth-order valence-corrected chi connectivity index (χ4v) is 4.34. The molecule has 0 atom stereocenters. The molecule has 1 aliphatic heterocycles. The van der Waals surface area contributed by atoms with Gasteiger partial charge in [-0.25, -0.2) is 0 Å². The minimum atomic E-state index is -0.211. The number of hydrogen-bond donors (Lipinski definition) is 2. The fraction of sp³-hybridized carbons (Fsp3) is 0.217. The average Bonchev–Trinajstić information content (AvgIpc) is 3.30. The van der Waals surface area contributed by atoms with Crippen LogP contribution in [-0.2, 0) is 0 Å². The van der Waals surface area contributed by atoms with Crippen molar-refractivity contribution < 1.29 is 14.7 Å². The number of carbonyl (C=O) groups excluding carboxylic acids is 2. The van der Waals surface area contributed by atoms with E-state index in [0.717, 1.165) is 12.8 Å². The highest BCUT2D eigenvalue weighted by atomic mass is 32.1. The Morgan fingerprint density at radius 1 is 1.00 bits per heavy atom. The molecule has 1 saturated heterocycles. The number of anilines is 1. The van der Waals surface area contributed by atoms with Crippen LogP contribution in [0.2, 0.25) is 0 Å². The van der Waals surface area contributed by atoms with Gasteiger partial charge in [0.15, 0.2) is 0 Å². The van der Waals surface area contributed by atoms with Crippen molar-refractivity contribution in [2.24, 2.45) is 0 Å². The number of phenols is 1. The lowest BCUT2D eigenvalue weighted by molar-refractivity contribution is 0.0714. The summed E-state index contributed by atoms with van der Waals surface area (Å²) in [5.41, 5.74) is 2.83. The second kappa shape index (κ2) is 8.49. The smallest absolute Gasteiger partial charge is 0.256 e. The number of benzene rings is 2. The molecule has 0 bridgehead atoms. The third-order valence-electron chi connectivity index (χ3n) is 5.34. The quantitative estimate of drug-likeness (QED) is 0.658. The normalized spacial score (nSPS) is 14.6. The Morgan fingerprint density at radius 2 is 1.72 bits per heavy atom. The standard InChI is InChI=1S/C23H22N2O3S/c26-19-7-5-16(6-8-19)17-9-12-25(13-10-17)23(28)20-3-1-2-4-21(20)24-22(27)18-11-14-29-15-18/h1-8,11,14-15,17,26H,9-10,12-13H2,(H,24,27). The Hall–Kier alpha value is -3.12. The van der Waals surface area contributed by atoms with E-state index in [0.29, 0.717) is 35.8 Å². The van der Waals surface area contributed by atoms with E-state index in [9.17, 15) is 14.7 Å². The molecule has 148 valence electrons. The number of phenolic OH excluding ortho intramolecular Hbond substituents is 1. The molecule has 0 spiro atoms. The van der Waals surface area contributed by atoms with Gasteiger partial charge in [0.25, 0.3) is 11.8 Å². The molecule has 0 radical (unpaired) electrons. The van der Waals surface area contributed by atoms with Crippen molar-refractivity contribution in [1.82, 2.24) is 4.90 Å². The number of rotatable bonds is 4. The summed E-state index contributed by atoms with van der Waals surface area (Å²) in [6.07, 6.45) is 1.75. The molecule has 2 heterocycles. The number of thiophene rings is 1. The average molecular weight is 407 g/mol. The zero-order valence-electron chi connectivity index (χ0n) is 15.9. The Bertz CT molecular complexity index is 991. The van der Waals surface area contributed by atoms with E-state index >= 15 is 0 Å². The first-order chi connectivity index (χ1) is 14.1. The third-order valence-corrected chi connectivity index (χ3v) is 6.02. The first kappa shape index (κ1) is 19.2. The van der Waals surface area contributed by atoms with Gasteiger partial charge < -0.3 is 15.3 Å². The summed E-state index contributed by atoms with van der Waals surface area (Å²) in [6, 6.07) is 16.2. The summed E-state index contributed by atoms with van der Waals surface area (Å²) in [7, 11) is 0. The molecule has 5 nitrogen and oxygen atoms in total. The molecule has 3 aromatic rings. The lowest BCUT2D eigenvalue weighted by atomic mass is 9.89. The highest BCUT2D eigenvalue weighted by molar-refractivity contribution is 7.08. The molecule has 6 heteroatoms. The van der Waals surface area contributed by atoms with Gasteiger partial charge in [-0.2, -0.15) is 11.3 Å². The fourth-order valence-electron chi connectivity index (χ4n) is 3.70. The number of nitrogens with one attached hydrogen (secondary N) is 1. The number of carbonyl (C=O) groups is 2. The number of likely N-dealkylation sites (tertiary alicyclic amines) is 1. The summed E-state index contributed by atoms with van der Waals surface area (Å²) in [5, 5.41) is 16.0. The third kappa shape index (κ3) is 4.32. The molecule has 1 aliphatic rings. The van der Waals surface area contributed by atoms with E-state index in [2.05, 4.69) is 5.32 Å². The van der Waals surface area contributed by atoms with Crippen molar-refractivity contribution in [3.8, 4) is 5.75 Å². The molecule has 1 aromatic heterocycles. The highest BCUT2D eigenvalue weighted by Crippen LogP contribution is 2.30. The van der Waals surface area contributed by atoms with Crippen LogP contribution in [0.15, 0.2) is 65.4 Å². The Balaban J connectivity index is 1.44. The van der Waals surface area contributed by atoms with Gasteiger partial charge in [-0.1, -0.05) is 24.3 Å². The number of nitrogens with zero attached hydrogens (tertiary/aromatic N) is 1. The van der Waals surface area contributed by atoms with Crippen LogP contribution in [0.25, 0.3) is 0 Å². The maximum Gasteiger partial charge on any atom is 0.256 e. The van der Waals surface area contributed by atoms with Gasteiger partial charge in [-0.05, 0) is 60.0 Å². The second-order valence-corrected chi connectivity index (χ2v) is 7.95. The van der Waals surface area contributed by atoms with Crippen LogP contribution in [-0.4, -0.2) is 34.9 Å². The molecule has 4 rings (SSSR count). The number of para-hydroxylation sites is 1. The molecule has 29 heavy (non-hydrogen) atoms. The van der Waals surface area contributed by atoms with E-state index in [-0.39, 0.29) is 17.6 Å². The van der Waals surface area contributed by atoms with Crippen molar-refractivity contribution in [3.05, 3.63) is 82.0 Å². The van der Waals surface area contributed by atoms with E-state index in [1.54, 1.807) is 35.7 Å². The minimum Gasteiger partial charge on any atom is -0.508 e. The molecule has 0 saturated carbocycles. The Kier molecular flexibility index (Phi) is 5.62. The zero-order valence-corrected chi connectivity index (χ0v) is 16.7. The van der Waals surface area contributed by atoms with Gasteiger partial charge in [0.2, 0.25) is 0 Å². The molecule has 2 aromatic carbocycles. The Labute approximate surface area is 173 Å². The number of hydrogen-bond acceptors (Lipinski definition) is 4. The molecule has 0 aliphatic carbocycles. The molecular formula is C23H22N2O3S. The van der Waals surface area contributed by atoms with Crippen LogP contribution in [0.3, 0.4) is 0 Å². The van der Waals surface area contributed by atoms with Crippen molar-refractivity contribution in [2.45, 2.75) is 18.8 Å². The molecule has 2 amide bonds. The van der Waals surface area contributed by atoms with Crippen LogP contribution >= 0.6 is 11.3 Å². The molecular weight excluding hydrogens is 384 g/mol. The number of amides is 2. The lowest BCUT2D eigenvalue weighted by Crippen LogP contribution is -2.38. The lowest BCUT2D eigenvalue weighted by Gasteiger charge is -2.32. The maximum absolute atomic E-state index is 13.1. The largest absolute Gasteiger partial charge is 0.508 e.